The zero-order valence-electron chi connectivity index (χ0n) is 14.6. The fourth-order valence-corrected chi connectivity index (χ4v) is 3.11. The van der Waals surface area contributed by atoms with Crippen LogP contribution < -0.4 is 10.6 Å². The van der Waals surface area contributed by atoms with Crippen molar-refractivity contribution in [1.29, 1.82) is 0 Å². The van der Waals surface area contributed by atoms with E-state index in [2.05, 4.69) is 15.6 Å². The van der Waals surface area contributed by atoms with E-state index in [1.54, 1.807) is 36.4 Å². The molecule has 2 aromatic carbocycles. The molecule has 0 aliphatic rings. The van der Waals surface area contributed by atoms with Gasteiger partial charge < -0.3 is 10.6 Å². The van der Waals surface area contributed by atoms with E-state index in [4.69, 9.17) is 23.2 Å². The summed E-state index contributed by atoms with van der Waals surface area (Å²) in [7, 11) is 1.84. The number of carbonyl (C=O) groups excluding carboxylic acids is 2. The summed E-state index contributed by atoms with van der Waals surface area (Å²) >= 11 is 13.5. The average Bonchev–Trinajstić information content (AvgIpc) is 3.13. The summed E-state index contributed by atoms with van der Waals surface area (Å²) in [6.07, 6.45) is 0.761. The van der Waals surface area contributed by atoms with E-state index in [0.717, 1.165) is 22.7 Å². The van der Waals surface area contributed by atoms with Crippen molar-refractivity contribution in [3.63, 3.8) is 0 Å². The minimum absolute atomic E-state index is 0.117. The van der Waals surface area contributed by atoms with Gasteiger partial charge in [0.05, 0.1) is 10.7 Å². The van der Waals surface area contributed by atoms with Crippen LogP contribution in [0.5, 0.6) is 0 Å². The molecule has 3 rings (SSSR count). The molecule has 2 N–H and O–H groups in total. The van der Waals surface area contributed by atoms with Crippen molar-refractivity contribution in [3.8, 4) is 11.3 Å². The van der Waals surface area contributed by atoms with Gasteiger partial charge in [-0.15, -0.1) is 11.3 Å². The maximum Gasteiger partial charge on any atom is 0.221 e. The molecule has 1 amide bonds. The molecule has 0 spiro atoms. The van der Waals surface area contributed by atoms with Crippen LogP contribution in [0.2, 0.25) is 10.0 Å². The van der Waals surface area contributed by atoms with Crippen LogP contribution in [-0.4, -0.2) is 24.2 Å². The summed E-state index contributed by atoms with van der Waals surface area (Å²) in [5.41, 5.74) is 3.01. The molecule has 8 heteroatoms. The Balaban J connectivity index is 0.000000199. The van der Waals surface area contributed by atoms with Crippen molar-refractivity contribution in [3.05, 3.63) is 63.5 Å². The van der Waals surface area contributed by atoms with Gasteiger partial charge >= 0.3 is 0 Å². The minimum Gasteiger partial charge on any atom is -0.365 e. The number of thiazole rings is 1. The highest BCUT2D eigenvalue weighted by atomic mass is 35.5. The molecule has 0 unspecified atom stereocenters. The number of nitrogens with one attached hydrogen (secondary N) is 2. The first-order valence-electron chi connectivity index (χ1n) is 7.84. The molecule has 3 aromatic rings. The molecule has 0 atom stereocenters. The number of aromatic nitrogens is 1. The third kappa shape index (κ3) is 6.36. The second-order valence-electron chi connectivity index (χ2n) is 5.33. The number of halogens is 2. The standard InChI is InChI=1S/C10H8Cl2N2S.C9H9NO2/c1-13-10-14-9(5-15-10)7-4-6(11)2-3-8(7)12;1-7(12)10-9-4-2-8(6-11)3-5-9/h2-5H,1H3,(H,13,14);2-6H,1H3,(H,10,12). The molecular formula is C19H17Cl2N3O2S. The van der Waals surface area contributed by atoms with E-state index in [0.29, 0.717) is 21.3 Å². The van der Waals surface area contributed by atoms with E-state index >= 15 is 0 Å². The molecule has 0 radical (unpaired) electrons. The first-order valence-corrected chi connectivity index (χ1v) is 9.48. The Labute approximate surface area is 171 Å². The van der Waals surface area contributed by atoms with Crippen LogP contribution in [0, 0.1) is 0 Å². The molecule has 1 aromatic heterocycles. The number of hydrogen-bond acceptors (Lipinski definition) is 5. The summed E-state index contributed by atoms with van der Waals surface area (Å²) in [6, 6.07) is 12.0. The summed E-state index contributed by atoms with van der Waals surface area (Å²) < 4.78 is 0. The van der Waals surface area contributed by atoms with Crippen molar-refractivity contribution < 1.29 is 9.59 Å². The Morgan fingerprint density at radius 3 is 2.41 bits per heavy atom. The van der Waals surface area contributed by atoms with Crippen LogP contribution in [0.25, 0.3) is 11.3 Å². The van der Waals surface area contributed by atoms with Crippen molar-refractivity contribution in [2.75, 3.05) is 17.7 Å². The monoisotopic (exact) mass is 421 g/mol. The lowest BCUT2D eigenvalue weighted by Gasteiger charge is -2.00. The van der Waals surface area contributed by atoms with E-state index in [1.165, 1.54) is 18.3 Å². The number of benzene rings is 2. The van der Waals surface area contributed by atoms with Crippen LogP contribution in [0.3, 0.4) is 0 Å². The third-order valence-electron chi connectivity index (χ3n) is 3.29. The Kier molecular flexibility index (Phi) is 7.79. The minimum atomic E-state index is -0.117. The predicted octanol–water partition coefficient (Wildman–Crippen LogP) is 5.62. The predicted molar refractivity (Wildman–Crippen MR) is 113 cm³/mol. The van der Waals surface area contributed by atoms with Gasteiger partial charge in [-0.3, -0.25) is 9.59 Å². The number of rotatable bonds is 4. The van der Waals surface area contributed by atoms with Crippen LogP contribution in [-0.2, 0) is 4.79 Å². The molecular weight excluding hydrogens is 405 g/mol. The topological polar surface area (TPSA) is 71.1 Å². The molecule has 0 saturated heterocycles. The second-order valence-corrected chi connectivity index (χ2v) is 7.03. The first kappa shape index (κ1) is 20.9. The number of aldehydes is 1. The second kappa shape index (κ2) is 10.1. The van der Waals surface area contributed by atoms with E-state index < -0.39 is 0 Å². The fraction of sp³-hybridized carbons (Fsp3) is 0.105. The molecule has 0 aliphatic carbocycles. The van der Waals surface area contributed by atoms with Gasteiger partial charge in [0, 0.05) is 41.2 Å². The van der Waals surface area contributed by atoms with Gasteiger partial charge in [-0.25, -0.2) is 4.98 Å². The molecule has 5 nitrogen and oxygen atoms in total. The fourth-order valence-electron chi connectivity index (χ4n) is 2.05. The van der Waals surface area contributed by atoms with E-state index in [9.17, 15) is 9.59 Å². The third-order valence-corrected chi connectivity index (χ3v) is 4.71. The van der Waals surface area contributed by atoms with Gasteiger partial charge in [0.2, 0.25) is 5.91 Å². The van der Waals surface area contributed by atoms with Crippen LogP contribution >= 0.6 is 34.5 Å². The Bertz CT molecular complexity index is 927. The highest BCUT2D eigenvalue weighted by Gasteiger charge is 2.08. The highest BCUT2D eigenvalue weighted by Crippen LogP contribution is 2.32. The van der Waals surface area contributed by atoms with Crippen molar-refractivity contribution in [2.24, 2.45) is 0 Å². The van der Waals surface area contributed by atoms with Crippen molar-refractivity contribution in [2.45, 2.75) is 6.92 Å². The molecule has 0 saturated carbocycles. The van der Waals surface area contributed by atoms with Gasteiger partial charge in [0.1, 0.15) is 6.29 Å². The average molecular weight is 422 g/mol. The Morgan fingerprint density at radius 2 is 1.85 bits per heavy atom. The number of hydrogen-bond donors (Lipinski definition) is 2. The highest BCUT2D eigenvalue weighted by molar-refractivity contribution is 7.14. The van der Waals surface area contributed by atoms with Crippen molar-refractivity contribution in [1.82, 2.24) is 4.98 Å². The van der Waals surface area contributed by atoms with Gasteiger partial charge in [-0.05, 0) is 42.5 Å². The normalized spacial score (nSPS) is 9.78. The molecule has 0 fully saturated rings. The quantitative estimate of drug-likeness (QED) is 0.536. The van der Waals surface area contributed by atoms with E-state index in [-0.39, 0.29) is 5.91 Å². The summed E-state index contributed by atoms with van der Waals surface area (Å²) in [5, 5.41) is 9.71. The SMILES string of the molecule is CC(=O)Nc1ccc(C=O)cc1.CNc1nc(-c2cc(Cl)ccc2Cl)cs1. The Hall–Kier alpha value is -2.41. The maximum atomic E-state index is 10.6. The maximum absolute atomic E-state index is 10.6. The van der Waals surface area contributed by atoms with Gasteiger partial charge in [0.25, 0.3) is 0 Å². The smallest absolute Gasteiger partial charge is 0.221 e. The number of anilines is 2. The van der Waals surface area contributed by atoms with Crippen LogP contribution in [0.15, 0.2) is 47.8 Å². The zero-order valence-corrected chi connectivity index (χ0v) is 17.0. The lowest BCUT2D eigenvalue weighted by molar-refractivity contribution is -0.114. The lowest BCUT2D eigenvalue weighted by atomic mass is 10.2. The Morgan fingerprint density at radius 1 is 1.15 bits per heavy atom. The van der Waals surface area contributed by atoms with E-state index in [1.807, 2.05) is 18.5 Å². The largest absolute Gasteiger partial charge is 0.365 e. The van der Waals surface area contributed by atoms with Gasteiger partial charge in [0.15, 0.2) is 5.13 Å². The molecule has 0 aliphatic heterocycles. The lowest BCUT2D eigenvalue weighted by Crippen LogP contribution is -2.05. The number of amides is 1. The summed E-state index contributed by atoms with van der Waals surface area (Å²) in [5.74, 6) is -0.117. The molecule has 140 valence electrons. The van der Waals surface area contributed by atoms with Gasteiger partial charge in [-0.1, -0.05) is 23.2 Å². The summed E-state index contributed by atoms with van der Waals surface area (Å²) in [4.78, 5) is 25.2. The molecule has 1 heterocycles. The zero-order chi connectivity index (χ0) is 19.8. The van der Waals surface area contributed by atoms with Crippen molar-refractivity contribution >= 4 is 57.6 Å². The first-order chi connectivity index (χ1) is 12.9. The van der Waals surface area contributed by atoms with Crippen LogP contribution in [0.1, 0.15) is 17.3 Å². The number of carbonyl (C=O) groups is 2. The van der Waals surface area contributed by atoms with Gasteiger partial charge in [-0.2, -0.15) is 0 Å². The molecule has 27 heavy (non-hydrogen) atoms. The molecule has 0 bridgehead atoms. The number of nitrogens with zero attached hydrogens (tertiary/aromatic N) is 1. The summed E-state index contributed by atoms with van der Waals surface area (Å²) in [6.45, 7) is 1.44. The van der Waals surface area contributed by atoms with Crippen LogP contribution in [0.4, 0.5) is 10.8 Å².